The van der Waals surface area contributed by atoms with Gasteiger partial charge in [0.1, 0.15) is 5.82 Å². The van der Waals surface area contributed by atoms with E-state index in [0.29, 0.717) is 12.3 Å². The molecule has 6 rings (SSSR count). The van der Waals surface area contributed by atoms with E-state index >= 15 is 0 Å². The minimum Gasteiger partial charge on any atom is -0.370 e. The zero-order valence-corrected chi connectivity index (χ0v) is 20.3. The third kappa shape index (κ3) is 5.34. The van der Waals surface area contributed by atoms with E-state index in [-0.39, 0.29) is 11.3 Å². The number of nitrogens with zero attached hydrogens (tertiary/aromatic N) is 1. The lowest BCUT2D eigenvalue weighted by Crippen LogP contribution is -2.47. The Labute approximate surface area is 198 Å². The highest BCUT2D eigenvalue weighted by atomic mass is 16.1. The largest absolute Gasteiger partial charge is 0.370 e. The number of carbonyl (C=O) groups excluding carboxylic acids is 1. The molecule has 0 unspecified atom stereocenters. The molecular formula is C28H40N4O. The lowest BCUT2D eigenvalue weighted by molar-refractivity contribution is -0.124. The van der Waals surface area contributed by atoms with E-state index < -0.39 is 0 Å². The van der Waals surface area contributed by atoms with E-state index in [0.717, 1.165) is 66.2 Å². The number of hydrogen-bond acceptors (Lipinski definition) is 4. The number of rotatable bonds is 10. The van der Waals surface area contributed by atoms with Crippen molar-refractivity contribution in [2.75, 3.05) is 30.3 Å². The van der Waals surface area contributed by atoms with E-state index in [1.165, 1.54) is 38.5 Å². The molecule has 1 aromatic carbocycles. The average Bonchev–Trinajstić information content (AvgIpc) is 2.74. The van der Waals surface area contributed by atoms with Crippen LogP contribution >= 0.6 is 0 Å². The number of fused-ring (bicyclic) bond motifs is 1. The summed E-state index contributed by atoms with van der Waals surface area (Å²) in [6, 6.07) is 10.1. The van der Waals surface area contributed by atoms with Crippen molar-refractivity contribution in [3.8, 4) is 0 Å². The second-order valence-electron chi connectivity index (χ2n) is 11.6. The molecule has 33 heavy (non-hydrogen) atoms. The number of pyridine rings is 1. The molecular weight excluding hydrogens is 408 g/mol. The van der Waals surface area contributed by atoms with Gasteiger partial charge in [0.25, 0.3) is 0 Å². The molecule has 2 aromatic rings. The number of aromatic nitrogens is 1. The first-order valence-electron chi connectivity index (χ1n) is 13.1. The number of benzene rings is 1. The smallest absolute Gasteiger partial charge is 0.224 e. The molecule has 1 aromatic heterocycles. The second-order valence-corrected chi connectivity index (χ2v) is 11.6. The van der Waals surface area contributed by atoms with Crippen LogP contribution in [0.2, 0.25) is 0 Å². The Morgan fingerprint density at radius 2 is 1.76 bits per heavy atom. The SMILES string of the molecule is CC(C)CNCCCNc1ccc2c(NC(=O)CC34CC5CC(CC(C5)C3)C4)cccc2n1. The minimum absolute atomic E-state index is 0.181. The van der Waals surface area contributed by atoms with Gasteiger partial charge in [-0.1, -0.05) is 19.9 Å². The summed E-state index contributed by atoms with van der Waals surface area (Å²) in [5.74, 6) is 4.39. The van der Waals surface area contributed by atoms with Crippen molar-refractivity contribution in [1.82, 2.24) is 10.3 Å². The monoisotopic (exact) mass is 448 g/mol. The highest BCUT2D eigenvalue weighted by Crippen LogP contribution is 2.61. The highest BCUT2D eigenvalue weighted by molar-refractivity contribution is 6.01. The Morgan fingerprint density at radius 1 is 1.03 bits per heavy atom. The summed E-state index contributed by atoms with van der Waals surface area (Å²) in [6.07, 6.45) is 9.81. The number of anilines is 2. The first-order valence-corrected chi connectivity index (χ1v) is 13.1. The molecule has 0 radical (unpaired) electrons. The molecule has 1 amide bonds. The van der Waals surface area contributed by atoms with Gasteiger partial charge in [0.15, 0.2) is 0 Å². The van der Waals surface area contributed by atoms with Crippen LogP contribution < -0.4 is 16.0 Å². The fourth-order valence-corrected chi connectivity index (χ4v) is 7.22. The molecule has 1 heterocycles. The zero-order chi connectivity index (χ0) is 22.8. The van der Waals surface area contributed by atoms with Gasteiger partial charge in [-0.05, 0) is 111 Å². The van der Waals surface area contributed by atoms with Gasteiger partial charge in [-0.2, -0.15) is 0 Å². The molecule has 4 aliphatic rings. The summed E-state index contributed by atoms with van der Waals surface area (Å²) >= 11 is 0. The Bertz CT molecular complexity index is 950. The Balaban J connectivity index is 1.18. The maximum Gasteiger partial charge on any atom is 0.224 e. The van der Waals surface area contributed by atoms with E-state index in [1.807, 2.05) is 24.3 Å². The molecule has 0 atom stereocenters. The maximum absolute atomic E-state index is 13.1. The fourth-order valence-electron chi connectivity index (χ4n) is 7.22. The fraction of sp³-hybridized carbons (Fsp3) is 0.643. The maximum atomic E-state index is 13.1. The van der Waals surface area contributed by atoms with Crippen molar-refractivity contribution in [3.63, 3.8) is 0 Å². The van der Waals surface area contributed by atoms with Gasteiger partial charge >= 0.3 is 0 Å². The van der Waals surface area contributed by atoms with Crippen LogP contribution in [-0.2, 0) is 4.79 Å². The second kappa shape index (κ2) is 9.61. The quantitative estimate of drug-likeness (QED) is 0.400. The van der Waals surface area contributed by atoms with Gasteiger partial charge in [0.2, 0.25) is 5.91 Å². The van der Waals surface area contributed by atoms with E-state index in [9.17, 15) is 4.79 Å². The van der Waals surface area contributed by atoms with Crippen LogP contribution in [0.3, 0.4) is 0 Å². The van der Waals surface area contributed by atoms with Crippen LogP contribution in [0, 0.1) is 29.1 Å². The summed E-state index contributed by atoms with van der Waals surface area (Å²) < 4.78 is 0. The molecule has 4 fully saturated rings. The molecule has 0 saturated heterocycles. The molecule has 5 heteroatoms. The Morgan fingerprint density at radius 3 is 2.45 bits per heavy atom. The first-order chi connectivity index (χ1) is 16.0. The van der Waals surface area contributed by atoms with Crippen molar-refractivity contribution in [1.29, 1.82) is 0 Å². The van der Waals surface area contributed by atoms with Gasteiger partial charge in [-0.15, -0.1) is 0 Å². The Kier molecular flexibility index (Phi) is 6.60. The number of nitrogens with one attached hydrogen (secondary N) is 3. The zero-order valence-electron chi connectivity index (χ0n) is 20.3. The summed E-state index contributed by atoms with van der Waals surface area (Å²) in [6.45, 7) is 7.42. The van der Waals surface area contributed by atoms with Crippen molar-refractivity contribution in [2.24, 2.45) is 29.1 Å². The van der Waals surface area contributed by atoms with Gasteiger partial charge in [-0.25, -0.2) is 4.98 Å². The predicted molar refractivity (Wildman–Crippen MR) is 136 cm³/mol. The van der Waals surface area contributed by atoms with Gasteiger partial charge < -0.3 is 16.0 Å². The van der Waals surface area contributed by atoms with Crippen LogP contribution in [0.25, 0.3) is 10.9 Å². The van der Waals surface area contributed by atoms with Crippen LogP contribution in [0.4, 0.5) is 11.5 Å². The van der Waals surface area contributed by atoms with Crippen molar-refractivity contribution in [3.05, 3.63) is 30.3 Å². The molecule has 178 valence electrons. The molecule has 5 nitrogen and oxygen atoms in total. The normalized spacial score (nSPS) is 27.9. The van der Waals surface area contributed by atoms with Crippen LogP contribution in [0.15, 0.2) is 30.3 Å². The van der Waals surface area contributed by atoms with Crippen molar-refractivity contribution < 1.29 is 4.79 Å². The van der Waals surface area contributed by atoms with Crippen LogP contribution in [0.1, 0.15) is 65.2 Å². The predicted octanol–water partition coefficient (Wildman–Crippen LogP) is 5.83. The van der Waals surface area contributed by atoms with Gasteiger partial charge in [0.05, 0.1) is 11.2 Å². The third-order valence-electron chi connectivity index (χ3n) is 8.10. The molecule has 0 spiro atoms. The topological polar surface area (TPSA) is 66.0 Å². The summed E-state index contributed by atoms with van der Waals surface area (Å²) in [4.78, 5) is 17.9. The number of carbonyl (C=O) groups is 1. The summed E-state index contributed by atoms with van der Waals surface area (Å²) in [7, 11) is 0. The van der Waals surface area contributed by atoms with Crippen molar-refractivity contribution >= 4 is 28.3 Å². The minimum atomic E-state index is 0.181. The highest BCUT2D eigenvalue weighted by Gasteiger charge is 2.51. The van der Waals surface area contributed by atoms with Gasteiger partial charge in [0, 0.05) is 18.4 Å². The standard InChI is InChI=1S/C28H40N4O/c1-19(2)18-29-9-4-10-30-26-8-7-23-24(31-26)5-3-6-25(23)32-27(33)17-28-14-20-11-21(15-28)13-22(12-20)16-28/h3,5-8,19-22,29H,4,9-18H2,1-2H3,(H,30,31)(H,32,33). The number of amides is 1. The summed E-state index contributed by atoms with van der Waals surface area (Å²) in [5, 5.41) is 11.2. The number of hydrogen-bond donors (Lipinski definition) is 3. The van der Waals surface area contributed by atoms with Crippen LogP contribution in [-0.4, -0.2) is 30.5 Å². The summed E-state index contributed by atoms with van der Waals surface area (Å²) in [5.41, 5.74) is 2.08. The Hall–Kier alpha value is -2.14. The third-order valence-corrected chi connectivity index (χ3v) is 8.10. The van der Waals surface area contributed by atoms with E-state index in [2.05, 4.69) is 35.9 Å². The first kappa shape index (κ1) is 22.6. The van der Waals surface area contributed by atoms with Gasteiger partial charge in [-0.3, -0.25) is 4.79 Å². The van der Waals surface area contributed by atoms with Crippen LogP contribution in [0.5, 0.6) is 0 Å². The average molecular weight is 449 g/mol. The lowest BCUT2D eigenvalue weighted by atomic mass is 9.49. The lowest BCUT2D eigenvalue weighted by Gasteiger charge is -2.56. The van der Waals surface area contributed by atoms with E-state index in [1.54, 1.807) is 0 Å². The molecule has 0 aliphatic heterocycles. The molecule has 3 N–H and O–H groups in total. The van der Waals surface area contributed by atoms with Crippen molar-refractivity contribution in [2.45, 2.75) is 65.2 Å². The van der Waals surface area contributed by atoms with E-state index in [4.69, 9.17) is 4.98 Å². The molecule has 4 saturated carbocycles. The molecule has 4 bridgehead atoms. The molecule has 4 aliphatic carbocycles.